The summed E-state index contributed by atoms with van der Waals surface area (Å²) in [6, 6.07) is 25.3. The van der Waals surface area contributed by atoms with Crippen molar-refractivity contribution in [1.82, 2.24) is 0 Å². The van der Waals surface area contributed by atoms with Gasteiger partial charge in [0.2, 0.25) is 0 Å². The molecule has 4 aromatic carbocycles. The van der Waals surface area contributed by atoms with E-state index in [0.29, 0.717) is 22.8 Å². The zero-order chi connectivity index (χ0) is 25.5. The highest BCUT2D eigenvalue weighted by Crippen LogP contribution is 2.32. The van der Waals surface area contributed by atoms with Crippen LogP contribution in [-0.2, 0) is 6.18 Å². The molecule has 4 aromatic rings. The third-order valence-electron chi connectivity index (χ3n) is 5.12. The molecule has 36 heavy (non-hydrogen) atoms. The summed E-state index contributed by atoms with van der Waals surface area (Å²) in [5.74, 6) is 6.09. The van der Waals surface area contributed by atoms with Crippen LogP contribution in [0.1, 0.15) is 21.5 Å². The molecule has 0 aliphatic rings. The standard InChI is InChI=1S/C29H19F3O4/c30-29(31,32)24-16-14-22(15-17-24)21-12-10-20(11-13-21)5-4-18-35-26-8-1-2-9-27(26)36-25-7-3-6-23(19-25)28(33)34/h1-3,6-17,19H,18H2,(H,33,34). The summed E-state index contributed by atoms with van der Waals surface area (Å²) in [6.45, 7) is 0.0796. The highest BCUT2D eigenvalue weighted by Gasteiger charge is 2.29. The fourth-order valence-corrected chi connectivity index (χ4v) is 3.32. The lowest BCUT2D eigenvalue weighted by Gasteiger charge is -2.11. The Kier molecular flexibility index (Phi) is 7.26. The molecule has 0 bridgehead atoms. The van der Waals surface area contributed by atoms with Crippen molar-refractivity contribution in [2.24, 2.45) is 0 Å². The van der Waals surface area contributed by atoms with Gasteiger partial charge < -0.3 is 14.6 Å². The van der Waals surface area contributed by atoms with E-state index >= 15 is 0 Å². The Morgan fingerprint density at radius 2 is 1.44 bits per heavy atom. The van der Waals surface area contributed by atoms with Gasteiger partial charge >= 0.3 is 12.1 Å². The molecule has 0 aromatic heterocycles. The van der Waals surface area contributed by atoms with Crippen LogP contribution in [0.25, 0.3) is 11.1 Å². The van der Waals surface area contributed by atoms with E-state index < -0.39 is 17.7 Å². The minimum atomic E-state index is -4.36. The molecule has 0 radical (unpaired) electrons. The Labute approximate surface area is 205 Å². The van der Waals surface area contributed by atoms with Crippen molar-refractivity contribution >= 4 is 5.97 Å². The van der Waals surface area contributed by atoms with Crippen LogP contribution < -0.4 is 9.47 Å². The van der Waals surface area contributed by atoms with Crippen molar-refractivity contribution in [3.05, 3.63) is 114 Å². The van der Waals surface area contributed by atoms with Crippen molar-refractivity contribution in [2.75, 3.05) is 6.61 Å². The number of halogens is 3. The smallest absolute Gasteiger partial charge is 0.416 e. The number of carboxylic acid groups (broad SMARTS) is 1. The van der Waals surface area contributed by atoms with Gasteiger partial charge in [-0.05, 0) is 65.7 Å². The number of hydrogen-bond acceptors (Lipinski definition) is 3. The van der Waals surface area contributed by atoms with Crippen LogP contribution in [0.2, 0.25) is 0 Å². The quantitative estimate of drug-likeness (QED) is 0.290. The van der Waals surface area contributed by atoms with Crippen LogP contribution in [-0.4, -0.2) is 17.7 Å². The van der Waals surface area contributed by atoms with E-state index in [0.717, 1.165) is 23.3 Å². The summed E-state index contributed by atoms with van der Waals surface area (Å²) in [7, 11) is 0. The summed E-state index contributed by atoms with van der Waals surface area (Å²) >= 11 is 0. The summed E-state index contributed by atoms with van der Waals surface area (Å²) in [6.07, 6.45) is -4.36. The van der Waals surface area contributed by atoms with E-state index in [-0.39, 0.29) is 12.2 Å². The Bertz CT molecular complexity index is 1410. The molecule has 1 N–H and O–H groups in total. The zero-order valence-corrected chi connectivity index (χ0v) is 18.8. The molecule has 0 saturated carbocycles. The van der Waals surface area contributed by atoms with Gasteiger partial charge in [0.05, 0.1) is 11.1 Å². The highest BCUT2D eigenvalue weighted by molar-refractivity contribution is 5.88. The second kappa shape index (κ2) is 10.7. The number of alkyl halides is 3. The first-order valence-electron chi connectivity index (χ1n) is 10.8. The van der Waals surface area contributed by atoms with Crippen LogP contribution in [0.5, 0.6) is 17.2 Å². The van der Waals surface area contributed by atoms with Gasteiger partial charge in [0.25, 0.3) is 0 Å². The molecule has 0 aliphatic heterocycles. The molecule has 180 valence electrons. The maximum atomic E-state index is 12.7. The van der Waals surface area contributed by atoms with Crippen molar-refractivity contribution in [3.63, 3.8) is 0 Å². The second-order valence-corrected chi connectivity index (χ2v) is 7.62. The van der Waals surface area contributed by atoms with Crippen LogP contribution in [0.15, 0.2) is 97.1 Å². The minimum Gasteiger partial charge on any atom is -0.478 e. The lowest BCUT2D eigenvalue weighted by molar-refractivity contribution is -0.137. The van der Waals surface area contributed by atoms with E-state index in [2.05, 4.69) is 11.8 Å². The third kappa shape index (κ3) is 6.24. The van der Waals surface area contributed by atoms with E-state index in [9.17, 15) is 18.0 Å². The van der Waals surface area contributed by atoms with Gasteiger partial charge in [-0.3, -0.25) is 0 Å². The molecule has 0 aliphatic carbocycles. The predicted molar refractivity (Wildman–Crippen MR) is 129 cm³/mol. The topological polar surface area (TPSA) is 55.8 Å². The number of aromatic carboxylic acids is 1. The molecule has 0 atom stereocenters. The second-order valence-electron chi connectivity index (χ2n) is 7.62. The number of hydrogen-bond donors (Lipinski definition) is 1. The molecule has 0 amide bonds. The first kappa shape index (κ1) is 24.4. The molecule has 0 saturated heterocycles. The maximum absolute atomic E-state index is 12.7. The summed E-state index contributed by atoms with van der Waals surface area (Å²) in [5.41, 5.74) is 1.61. The molecule has 4 rings (SSSR count). The largest absolute Gasteiger partial charge is 0.478 e. The molecular formula is C29H19F3O4. The maximum Gasteiger partial charge on any atom is 0.416 e. The number of benzene rings is 4. The van der Waals surface area contributed by atoms with Gasteiger partial charge in [-0.1, -0.05) is 54.3 Å². The predicted octanol–water partition coefficient (Wildman–Crippen LogP) is 7.29. The van der Waals surface area contributed by atoms with Crippen LogP contribution in [0.3, 0.4) is 0 Å². The third-order valence-corrected chi connectivity index (χ3v) is 5.12. The lowest BCUT2D eigenvalue weighted by Crippen LogP contribution is -2.03. The first-order valence-corrected chi connectivity index (χ1v) is 10.8. The number of carboxylic acids is 1. The van der Waals surface area contributed by atoms with Crippen molar-refractivity contribution in [2.45, 2.75) is 6.18 Å². The molecule has 0 heterocycles. The van der Waals surface area contributed by atoms with Crippen LogP contribution in [0, 0.1) is 11.8 Å². The van der Waals surface area contributed by atoms with E-state index in [1.54, 1.807) is 60.7 Å². The number of para-hydroxylation sites is 2. The first-order chi connectivity index (χ1) is 17.3. The van der Waals surface area contributed by atoms with E-state index in [1.165, 1.54) is 24.3 Å². The van der Waals surface area contributed by atoms with Crippen molar-refractivity contribution < 1.29 is 32.5 Å². The summed E-state index contributed by atoms with van der Waals surface area (Å²) in [4.78, 5) is 11.2. The van der Waals surface area contributed by atoms with E-state index in [1.807, 2.05) is 0 Å². The zero-order valence-electron chi connectivity index (χ0n) is 18.8. The Morgan fingerprint density at radius 3 is 2.08 bits per heavy atom. The van der Waals surface area contributed by atoms with Crippen molar-refractivity contribution in [3.8, 4) is 40.2 Å². The number of carbonyl (C=O) groups is 1. The number of ether oxygens (including phenoxy) is 2. The average molecular weight is 488 g/mol. The molecular weight excluding hydrogens is 469 g/mol. The SMILES string of the molecule is O=C(O)c1cccc(Oc2ccccc2OCC#Cc2ccc(-c3ccc(C(F)(F)F)cc3)cc2)c1. The Morgan fingerprint density at radius 1 is 0.806 bits per heavy atom. The average Bonchev–Trinajstić information content (AvgIpc) is 2.87. The normalized spacial score (nSPS) is 10.8. The van der Waals surface area contributed by atoms with Gasteiger partial charge in [-0.25, -0.2) is 4.79 Å². The molecule has 0 fully saturated rings. The highest BCUT2D eigenvalue weighted by atomic mass is 19.4. The van der Waals surface area contributed by atoms with Crippen LogP contribution in [0.4, 0.5) is 13.2 Å². The lowest BCUT2D eigenvalue weighted by atomic mass is 10.0. The fraction of sp³-hybridized carbons (Fsp3) is 0.0690. The van der Waals surface area contributed by atoms with Gasteiger partial charge in [-0.2, -0.15) is 13.2 Å². The van der Waals surface area contributed by atoms with Gasteiger partial charge in [0.1, 0.15) is 12.4 Å². The Hall–Kier alpha value is -4.70. The van der Waals surface area contributed by atoms with Gasteiger partial charge in [0.15, 0.2) is 11.5 Å². The minimum absolute atomic E-state index is 0.0796. The van der Waals surface area contributed by atoms with E-state index in [4.69, 9.17) is 14.6 Å². The molecule has 4 nitrogen and oxygen atoms in total. The van der Waals surface area contributed by atoms with Gasteiger partial charge in [0, 0.05) is 5.56 Å². The molecule has 0 unspecified atom stereocenters. The number of rotatable bonds is 6. The molecule has 0 spiro atoms. The monoisotopic (exact) mass is 488 g/mol. The summed E-state index contributed by atoms with van der Waals surface area (Å²) in [5, 5.41) is 9.14. The van der Waals surface area contributed by atoms with Crippen LogP contribution >= 0.6 is 0 Å². The Balaban J connectivity index is 1.38. The summed E-state index contributed by atoms with van der Waals surface area (Å²) < 4.78 is 49.8. The van der Waals surface area contributed by atoms with Crippen molar-refractivity contribution in [1.29, 1.82) is 0 Å². The van der Waals surface area contributed by atoms with Gasteiger partial charge in [-0.15, -0.1) is 0 Å². The fourth-order valence-electron chi connectivity index (χ4n) is 3.32. The molecule has 7 heteroatoms.